The number of carbonyl (C=O) groups excluding carboxylic acids is 1. The highest BCUT2D eigenvalue weighted by atomic mass is 79.9. The number of benzene rings is 1. The van der Waals surface area contributed by atoms with Crippen molar-refractivity contribution < 1.29 is 9.18 Å². The molecule has 0 aliphatic rings. The summed E-state index contributed by atoms with van der Waals surface area (Å²) in [6.07, 6.45) is 1.61. The van der Waals surface area contributed by atoms with Crippen LogP contribution in [0, 0.1) is 5.82 Å². The molecule has 0 radical (unpaired) electrons. The van der Waals surface area contributed by atoms with E-state index >= 15 is 0 Å². The molecule has 0 saturated carbocycles. The first-order valence-electron chi connectivity index (χ1n) is 5.25. The van der Waals surface area contributed by atoms with Gasteiger partial charge < -0.3 is 5.73 Å². The summed E-state index contributed by atoms with van der Waals surface area (Å²) >= 11 is 3.08. The Morgan fingerprint density at radius 1 is 1.33 bits per heavy atom. The molecule has 0 spiro atoms. The number of anilines is 1. The molecule has 92 valence electrons. The van der Waals surface area contributed by atoms with E-state index in [2.05, 4.69) is 20.9 Å². The predicted octanol–water partition coefficient (Wildman–Crippen LogP) is 2.99. The van der Waals surface area contributed by atoms with Gasteiger partial charge in [-0.1, -0.05) is 6.07 Å². The van der Waals surface area contributed by atoms with Crippen LogP contribution in [0.4, 0.5) is 10.1 Å². The second kappa shape index (κ2) is 5.27. The lowest BCUT2D eigenvalue weighted by molar-refractivity contribution is 0.0988. The van der Waals surface area contributed by atoms with Gasteiger partial charge in [-0.25, -0.2) is 4.39 Å². The fraction of sp³-hybridized carbons (Fsp3) is 0.0769. The maximum absolute atomic E-state index is 13.0. The summed E-state index contributed by atoms with van der Waals surface area (Å²) in [6, 6.07) is 7.69. The smallest absolute Gasteiger partial charge is 0.185 e. The molecule has 0 amide bonds. The van der Waals surface area contributed by atoms with E-state index in [0.29, 0.717) is 15.9 Å². The number of halogens is 2. The lowest BCUT2D eigenvalue weighted by Gasteiger charge is -2.03. The summed E-state index contributed by atoms with van der Waals surface area (Å²) in [7, 11) is 0. The topological polar surface area (TPSA) is 56.0 Å². The van der Waals surface area contributed by atoms with E-state index in [9.17, 15) is 9.18 Å². The van der Waals surface area contributed by atoms with Gasteiger partial charge in [0, 0.05) is 6.42 Å². The third-order valence-electron chi connectivity index (χ3n) is 2.42. The van der Waals surface area contributed by atoms with E-state index < -0.39 is 0 Å². The second-order valence-corrected chi connectivity index (χ2v) is 4.68. The van der Waals surface area contributed by atoms with Crippen molar-refractivity contribution in [2.24, 2.45) is 0 Å². The molecule has 1 aromatic heterocycles. The van der Waals surface area contributed by atoms with Crippen LogP contribution < -0.4 is 5.73 Å². The van der Waals surface area contributed by atoms with Gasteiger partial charge in [0.2, 0.25) is 0 Å². The number of rotatable bonds is 3. The van der Waals surface area contributed by atoms with Crippen LogP contribution >= 0.6 is 15.9 Å². The average molecular weight is 309 g/mol. The van der Waals surface area contributed by atoms with Gasteiger partial charge >= 0.3 is 0 Å². The minimum absolute atomic E-state index is 0.131. The van der Waals surface area contributed by atoms with Crippen molar-refractivity contribution in [3.05, 3.63) is 58.1 Å². The van der Waals surface area contributed by atoms with Gasteiger partial charge in [0.15, 0.2) is 5.78 Å². The van der Waals surface area contributed by atoms with Gasteiger partial charge in [-0.2, -0.15) is 0 Å². The molecule has 0 bridgehead atoms. The minimum atomic E-state index is -0.350. The summed E-state index contributed by atoms with van der Waals surface area (Å²) in [6.45, 7) is 0. The number of nitrogens with zero attached hydrogens (tertiary/aromatic N) is 1. The molecule has 0 unspecified atom stereocenters. The monoisotopic (exact) mass is 308 g/mol. The number of pyridine rings is 1. The first-order valence-corrected chi connectivity index (χ1v) is 6.04. The van der Waals surface area contributed by atoms with Crippen LogP contribution in [0.15, 0.2) is 41.0 Å². The molecule has 0 aliphatic heterocycles. The highest BCUT2D eigenvalue weighted by Crippen LogP contribution is 2.18. The van der Waals surface area contributed by atoms with Crippen LogP contribution in [0.5, 0.6) is 0 Å². The van der Waals surface area contributed by atoms with Crippen molar-refractivity contribution in [1.29, 1.82) is 0 Å². The molecule has 0 fully saturated rings. The van der Waals surface area contributed by atoms with Gasteiger partial charge in [-0.3, -0.25) is 9.78 Å². The number of ketones is 1. The first kappa shape index (κ1) is 12.7. The standard InChI is InChI=1S/C13H10BrFN2O/c14-10-5-8(1-3-11(10)15)6-13(18)12-4-2-9(16)7-17-12/h1-5,7H,6,16H2. The third-order valence-corrected chi connectivity index (χ3v) is 3.03. The van der Waals surface area contributed by atoms with E-state index in [1.54, 1.807) is 24.3 Å². The zero-order valence-corrected chi connectivity index (χ0v) is 10.9. The molecule has 1 aromatic carbocycles. The summed E-state index contributed by atoms with van der Waals surface area (Å²) < 4.78 is 13.4. The molecule has 18 heavy (non-hydrogen) atoms. The van der Waals surface area contributed by atoms with Crippen molar-refractivity contribution in [3.63, 3.8) is 0 Å². The van der Waals surface area contributed by atoms with Crippen LogP contribution in [-0.2, 0) is 6.42 Å². The predicted molar refractivity (Wildman–Crippen MR) is 70.8 cm³/mol. The van der Waals surface area contributed by atoms with Gasteiger partial charge in [-0.15, -0.1) is 0 Å². The Bertz CT molecular complexity index is 584. The van der Waals surface area contributed by atoms with Gasteiger partial charge in [0.1, 0.15) is 11.5 Å². The van der Waals surface area contributed by atoms with Crippen LogP contribution in [0.25, 0.3) is 0 Å². The van der Waals surface area contributed by atoms with Crippen molar-refractivity contribution >= 4 is 27.4 Å². The fourth-order valence-corrected chi connectivity index (χ4v) is 1.92. The van der Waals surface area contributed by atoms with E-state index in [1.807, 2.05) is 0 Å². The van der Waals surface area contributed by atoms with Crippen LogP contribution in [-0.4, -0.2) is 10.8 Å². The molecular weight excluding hydrogens is 299 g/mol. The zero-order chi connectivity index (χ0) is 13.1. The Labute approximate surface area is 112 Å². The largest absolute Gasteiger partial charge is 0.397 e. The van der Waals surface area contributed by atoms with Gasteiger partial charge in [-0.05, 0) is 45.8 Å². The Balaban J connectivity index is 2.16. The second-order valence-electron chi connectivity index (χ2n) is 3.83. The summed E-state index contributed by atoms with van der Waals surface area (Å²) in [5, 5.41) is 0. The average Bonchev–Trinajstić information content (AvgIpc) is 2.34. The molecular formula is C13H10BrFN2O. The molecule has 2 rings (SSSR count). The van der Waals surface area contributed by atoms with Gasteiger partial charge in [0.25, 0.3) is 0 Å². The van der Waals surface area contributed by atoms with Gasteiger partial charge in [0.05, 0.1) is 16.4 Å². The zero-order valence-electron chi connectivity index (χ0n) is 9.36. The molecule has 0 saturated heterocycles. The number of hydrogen-bond acceptors (Lipinski definition) is 3. The lowest BCUT2D eigenvalue weighted by atomic mass is 10.1. The Morgan fingerprint density at radius 3 is 2.72 bits per heavy atom. The van der Waals surface area contributed by atoms with Crippen molar-refractivity contribution in [2.45, 2.75) is 6.42 Å². The van der Waals surface area contributed by atoms with E-state index in [0.717, 1.165) is 5.56 Å². The molecule has 5 heteroatoms. The molecule has 2 N–H and O–H groups in total. The molecule has 0 atom stereocenters. The number of hydrogen-bond donors (Lipinski definition) is 1. The van der Waals surface area contributed by atoms with E-state index in [4.69, 9.17) is 5.73 Å². The summed E-state index contributed by atoms with van der Waals surface area (Å²) in [4.78, 5) is 15.9. The molecule has 3 nitrogen and oxygen atoms in total. The van der Waals surface area contributed by atoms with Crippen LogP contribution in [0.1, 0.15) is 16.1 Å². The lowest BCUT2D eigenvalue weighted by Crippen LogP contribution is -2.06. The maximum Gasteiger partial charge on any atom is 0.185 e. The molecule has 2 aromatic rings. The third kappa shape index (κ3) is 2.92. The fourth-order valence-electron chi connectivity index (χ4n) is 1.50. The Morgan fingerprint density at radius 2 is 2.11 bits per heavy atom. The highest BCUT2D eigenvalue weighted by Gasteiger charge is 2.09. The number of nitrogen functional groups attached to an aromatic ring is 1. The Kier molecular flexibility index (Phi) is 3.72. The van der Waals surface area contributed by atoms with Crippen LogP contribution in [0.2, 0.25) is 0 Å². The highest BCUT2D eigenvalue weighted by molar-refractivity contribution is 9.10. The quantitative estimate of drug-likeness (QED) is 0.887. The van der Waals surface area contributed by atoms with Crippen molar-refractivity contribution in [2.75, 3.05) is 5.73 Å². The number of Topliss-reactive ketones (excluding diaryl/α,β-unsaturated/α-hetero) is 1. The van der Waals surface area contributed by atoms with E-state index in [1.165, 1.54) is 12.3 Å². The van der Waals surface area contributed by atoms with Crippen molar-refractivity contribution in [1.82, 2.24) is 4.98 Å². The summed E-state index contributed by atoms with van der Waals surface area (Å²) in [5.74, 6) is -0.481. The number of carbonyl (C=O) groups is 1. The maximum atomic E-state index is 13.0. The minimum Gasteiger partial charge on any atom is -0.397 e. The SMILES string of the molecule is Nc1ccc(C(=O)Cc2ccc(F)c(Br)c2)nc1. The summed E-state index contributed by atoms with van der Waals surface area (Å²) in [5.41, 5.74) is 7.08. The molecule has 0 aliphatic carbocycles. The normalized spacial score (nSPS) is 10.3. The van der Waals surface area contributed by atoms with E-state index in [-0.39, 0.29) is 18.0 Å². The molecule has 1 heterocycles. The van der Waals surface area contributed by atoms with Crippen molar-refractivity contribution in [3.8, 4) is 0 Å². The number of aromatic nitrogens is 1. The number of nitrogens with two attached hydrogens (primary N) is 1. The first-order chi connectivity index (χ1) is 8.56. The van der Waals surface area contributed by atoms with Crippen LogP contribution in [0.3, 0.4) is 0 Å². The Hall–Kier alpha value is -1.75.